The third-order valence-corrected chi connectivity index (χ3v) is 10.7. The van der Waals surface area contributed by atoms with E-state index >= 15 is 0 Å². The minimum atomic E-state index is 0.233. The van der Waals surface area contributed by atoms with E-state index in [2.05, 4.69) is 24.3 Å². The summed E-state index contributed by atoms with van der Waals surface area (Å²) in [5, 5.41) is 45.1. The van der Waals surface area contributed by atoms with Gasteiger partial charge in [-0.25, -0.2) is 0 Å². The van der Waals surface area contributed by atoms with E-state index < -0.39 is 0 Å². The molecule has 0 aliphatic heterocycles. The van der Waals surface area contributed by atoms with Gasteiger partial charge in [-0.3, -0.25) is 0 Å². The molecule has 8 aromatic rings. The fourth-order valence-electron chi connectivity index (χ4n) is 7.86. The molecule has 0 bridgehead atoms. The SMILES string of the molecule is Oc1ccc2ccccc2c1-c1nn(-c2ccccc2)nc1C1=CCCCC1.Oc1ccc2ccccc2c1-c1nn(-c2ccccc2)nc1C1=CCCCC1. The highest BCUT2D eigenvalue weighted by Gasteiger charge is 2.24. The minimum Gasteiger partial charge on any atom is -0.507 e. The van der Waals surface area contributed by atoms with Gasteiger partial charge in [-0.2, -0.15) is 9.59 Å². The highest BCUT2D eigenvalue weighted by Crippen LogP contribution is 2.42. The average molecular weight is 735 g/mol. The number of allylic oxidation sites excluding steroid dienone is 4. The lowest BCUT2D eigenvalue weighted by atomic mass is 9.93. The molecule has 2 heterocycles. The number of phenols is 2. The average Bonchev–Trinajstić information content (AvgIpc) is 3.91. The van der Waals surface area contributed by atoms with Gasteiger partial charge in [0.15, 0.2) is 0 Å². The molecule has 0 radical (unpaired) electrons. The van der Waals surface area contributed by atoms with Crippen LogP contribution in [-0.2, 0) is 0 Å². The molecule has 8 nitrogen and oxygen atoms in total. The maximum Gasteiger partial charge on any atom is 0.125 e. The second-order valence-corrected chi connectivity index (χ2v) is 14.4. The lowest BCUT2D eigenvalue weighted by Gasteiger charge is -2.13. The third-order valence-electron chi connectivity index (χ3n) is 10.7. The molecule has 0 fully saturated rings. The molecular formula is C48H42N6O2. The van der Waals surface area contributed by atoms with Gasteiger partial charge in [-0.1, -0.05) is 109 Å². The Bertz CT molecular complexity index is 2540. The summed E-state index contributed by atoms with van der Waals surface area (Å²) in [6.45, 7) is 0. The van der Waals surface area contributed by atoms with Crippen molar-refractivity contribution in [3.05, 3.63) is 157 Å². The Kier molecular flexibility index (Phi) is 9.68. The number of benzene rings is 6. The summed E-state index contributed by atoms with van der Waals surface area (Å²) >= 11 is 0. The first-order valence-electron chi connectivity index (χ1n) is 19.5. The second kappa shape index (κ2) is 15.5. The van der Waals surface area contributed by atoms with Crippen molar-refractivity contribution in [3.8, 4) is 45.4 Å². The van der Waals surface area contributed by atoms with Crippen molar-refractivity contribution in [3.63, 3.8) is 0 Å². The van der Waals surface area contributed by atoms with Crippen LogP contribution in [-0.4, -0.2) is 40.2 Å². The first kappa shape index (κ1) is 34.9. The van der Waals surface area contributed by atoms with Crippen LogP contribution in [0.5, 0.6) is 11.5 Å². The minimum absolute atomic E-state index is 0.233. The molecule has 0 amide bonds. The third kappa shape index (κ3) is 6.86. The number of aromatic hydroxyl groups is 2. The number of rotatable bonds is 6. The van der Waals surface area contributed by atoms with E-state index in [-0.39, 0.29) is 11.5 Å². The van der Waals surface area contributed by atoms with Crippen LogP contribution in [0.1, 0.15) is 62.8 Å². The standard InChI is InChI=1S/2C24H21N3O/c2*28-21-16-15-17-9-7-8-14-20(17)22(21)24-23(18-10-3-1-4-11-18)25-27(26-24)19-12-5-2-6-13-19/h2*2,5-10,12-16,28H,1,3-4,11H2. The Morgan fingerprint density at radius 2 is 0.786 bits per heavy atom. The van der Waals surface area contributed by atoms with Crippen molar-refractivity contribution in [1.82, 2.24) is 30.0 Å². The Labute approximate surface area is 325 Å². The van der Waals surface area contributed by atoms with Crippen molar-refractivity contribution in [2.75, 3.05) is 0 Å². The van der Waals surface area contributed by atoms with Crippen molar-refractivity contribution in [2.45, 2.75) is 51.4 Å². The van der Waals surface area contributed by atoms with Crippen molar-refractivity contribution in [2.24, 2.45) is 0 Å². The molecule has 0 saturated carbocycles. The molecule has 8 heteroatoms. The lowest BCUT2D eigenvalue weighted by molar-refractivity contribution is 0.477. The van der Waals surface area contributed by atoms with Crippen molar-refractivity contribution < 1.29 is 10.2 Å². The zero-order valence-corrected chi connectivity index (χ0v) is 31.1. The molecule has 0 atom stereocenters. The smallest absolute Gasteiger partial charge is 0.125 e. The van der Waals surface area contributed by atoms with Crippen LogP contribution in [0.2, 0.25) is 0 Å². The fraction of sp³-hybridized carbons (Fsp3) is 0.167. The molecule has 2 N–H and O–H groups in total. The summed E-state index contributed by atoms with van der Waals surface area (Å²) in [5.41, 5.74) is 8.98. The van der Waals surface area contributed by atoms with E-state index in [0.29, 0.717) is 0 Å². The maximum atomic E-state index is 10.8. The predicted octanol–water partition coefficient (Wildman–Crippen LogP) is 11.5. The van der Waals surface area contributed by atoms with Gasteiger partial charge >= 0.3 is 0 Å². The highest BCUT2D eigenvalue weighted by atomic mass is 16.3. The van der Waals surface area contributed by atoms with Gasteiger partial charge < -0.3 is 10.2 Å². The second-order valence-electron chi connectivity index (χ2n) is 14.4. The van der Waals surface area contributed by atoms with E-state index in [4.69, 9.17) is 20.4 Å². The molecule has 56 heavy (non-hydrogen) atoms. The number of hydrogen-bond donors (Lipinski definition) is 2. The van der Waals surface area contributed by atoms with Crippen molar-refractivity contribution in [1.29, 1.82) is 0 Å². The fourth-order valence-corrected chi connectivity index (χ4v) is 7.86. The number of aromatic nitrogens is 6. The van der Waals surface area contributed by atoms with Gasteiger partial charge in [0.05, 0.1) is 22.5 Å². The lowest BCUT2D eigenvalue weighted by Crippen LogP contribution is -1.99. The molecule has 0 unspecified atom stereocenters. The molecule has 2 aliphatic rings. The first-order valence-corrected chi connectivity index (χ1v) is 19.5. The molecule has 0 spiro atoms. The van der Waals surface area contributed by atoms with Gasteiger partial charge in [0.2, 0.25) is 0 Å². The topological polar surface area (TPSA) is 102 Å². The Morgan fingerprint density at radius 1 is 0.393 bits per heavy atom. The largest absolute Gasteiger partial charge is 0.507 e. The number of phenolic OH excluding ortho intramolecular Hbond substituents is 2. The molecule has 6 aromatic carbocycles. The monoisotopic (exact) mass is 734 g/mol. The van der Waals surface area contributed by atoms with E-state index in [1.165, 1.54) is 24.0 Å². The van der Waals surface area contributed by atoms with Crippen LogP contribution in [0.15, 0.2) is 146 Å². The molecule has 276 valence electrons. The number of para-hydroxylation sites is 2. The van der Waals surface area contributed by atoms with Gasteiger partial charge in [0.1, 0.15) is 34.3 Å². The van der Waals surface area contributed by atoms with Crippen LogP contribution < -0.4 is 0 Å². The number of nitrogens with zero attached hydrogens (tertiary/aromatic N) is 6. The Hall–Kier alpha value is -6.80. The zero-order valence-electron chi connectivity index (χ0n) is 31.1. The molecular weight excluding hydrogens is 693 g/mol. The summed E-state index contributed by atoms with van der Waals surface area (Å²) in [4.78, 5) is 3.36. The summed E-state index contributed by atoms with van der Waals surface area (Å²) in [5.74, 6) is 0.466. The quantitative estimate of drug-likeness (QED) is 0.176. The van der Waals surface area contributed by atoms with Crippen LogP contribution in [0.3, 0.4) is 0 Å². The van der Waals surface area contributed by atoms with Crippen LogP contribution in [0, 0.1) is 0 Å². The highest BCUT2D eigenvalue weighted by molar-refractivity contribution is 6.01. The summed E-state index contributed by atoms with van der Waals surface area (Å²) < 4.78 is 0. The molecule has 0 saturated heterocycles. The number of hydrogen-bond acceptors (Lipinski definition) is 6. The van der Waals surface area contributed by atoms with E-state index in [1.54, 1.807) is 21.7 Å². The summed E-state index contributed by atoms with van der Waals surface area (Å²) in [6.07, 6.45) is 13.4. The van der Waals surface area contributed by atoms with Crippen LogP contribution >= 0.6 is 0 Å². The van der Waals surface area contributed by atoms with Gasteiger partial charge in [-0.15, -0.1) is 20.4 Å². The first-order chi connectivity index (χ1) is 27.6. The molecule has 2 aliphatic carbocycles. The van der Waals surface area contributed by atoms with Crippen LogP contribution in [0.25, 0.3) is 66.6 Å². The van der Waals surface area contributed by atoms with E-state index in [9.17, 15) is 10.2 Å². The Balaban J connectivity index is 0.000000146. The van der Waals surface area contributed by atoms with Gasteiger partial charge in [0.25, 0.3) is 0 Å². The van der Waals surface area contributed by atoms with Gasteiger partial charge in [0, 0.05) is 0 Å². The molecule has 2 aromatic heterocycles. The van der Waals surface area contributed by atoms with E-state index in [1.807, 2.05) is 109 Å². The Morgan fingerprint density at radius 3 is 1.20 bits per heavy atom. The summed E-state index contributed by atoms with van der Waals surface area (Å²) in [6, 6.07) is 43.4. The van der Waals surface area contributed by atoms with Gasteiger partial charge in [-0.05, 0) is 120 Å². The van der Waals surface area contributed by atoms with E-state index in [0.717, 1.165) is 105 Å². The van der Waals surface area contributed by atoms with Crippen LogP contribution in [0.4, 0.5) is 0 Å². The normalized spacial score (nSPS) is 14.2. The van der Waals surface area contributed by atoms with Crippen molar-refractivity contribution >= 4 is 32.7 Å². The molecule has 10 rings (SSSR count). The maximum absolute atomic E-state index is 10.8. The zero-order chi connectivity index (χ0) is 37.8. The predicted molar refractivity (Wildman–Crippen MR) is 225 cm³/mol. The summed E-state index contributed by atoms with van der Waals surface area (Å²) in [7, 11) is 0. The number of fused-ring (bicyclic) bond motifs is 2.